The number of amides is 1. The number of hydrogen-bond acceptors (Lipinski definition) is 2. The summed E-state index contributed by atoms with van der Waals surface area (Å²) in [5.74, 6) is 0.839. The number of carbonyl (C=O) groups is 1. The highest BCUT2D eigenvalue weighted by atomic mass is 16.1. The Morgan fingerprint density at radius 2 is 2.06 bits per heavy atom. The largest absolute Gasteiger partial charge is 0.356 e. The third-order valence-corrected chi connectivity index (χ3v) is 3.13. The number of nitrogens with two attached hydrogens (primary N) is 1. The Balaban J connectivity index is 2.12. The molecule has 16 heavy (non-hydrogen) atoms. The van der Waals surface area contributed by atoms with Crippen molar-refractivity contribution in [3.05, 3.63) is 0 Å². The summed E-state index contributed by atoms with van der Waals surface area (Å²) in [6.07, 6.45) is 5.22. The van der Waals surface area contributed by atoms with E-state index in [1.54, 1.807) is 0 Å². The lowest BCUT2D eigenvalue weighted by molar-refractivity contribution is -0.121. The molecule has 0 bridgehead atoms. The summed E-state index contributed by atoms with van der Waals surface area (Å²) in [6.45, 7) is 7.30. The molecule has 0 aromatic heterocycles. The van der Waals surface area contributed by atoms with E-state index in [-0.39, 0.29) is 17.4 Å². The Bertz CT molecular complexity index is 229. The van der Waals surface area contributed by atoms with Crippen molar-refractivity contribution >= 4 is 5.91 Å². The van der Waals surface area contributed by atoms with E-state index in [2.05, 4.69) is 26.1 Å². The fourth-order valence-electron chi connectivity index (χ4n) is 2.12. The van der Waals surface area contributed by atoms with Crippen molar-refractivity contribution in [2.75, 3.05) is 6.54 Å². The van der Waals surface area contributed by atoms with Crippen LogP contribution in [0.1, 0.15) is 52.9 Å². The van der Waals surface area contributed by atoms with Gasteiger partial charge in [-0.15, -0.1) is 0 Å². The minimum atomic E-state index is -0.0126. The second-order valence-corrected chi connectivity index (χ2v) is 6.33. The third kappa shape index (κ3) is 5.50. The third-order valence-electron chi connectivity index (χ3n) is 3.13. The number of carbonyl (C=O) groups excluding carboxylic acids is 1. The van der Waals surface area contributed by atoms with Gasteiger partial charge in [0.25, 0.3) is 0 Å². The monoisotopic (exact) mass is 226 g/mol. The van der Waals surface area contributed by atoms with E-state index in [0.29, 0.717) is 6.42 Å². The summed E-state index contributed by atoms with van der Waals surface area (Å²) >= 11 is 0. The molecule has 1 aliphatic rings. The molecule has 3 N–H and O–H groups in total. The summed E-state index contributed by atoms with van der Waals surface area (Å²) in [5, 5.41) is 2.98. The van der Waals surface area contributed by atoms with Gasteiger partial charge in [0.1, 0.15) is 0 Å². The molecule has 0 aromatic rings. The lowest BCUT2D eigenvalue weighted by Crippen LogP contribution is -2.37. The van der Waals surface area contributed by atoms with E-state index < -0.39 is 0 Å². The molecule has 1 unspecified atom stereocenters. The molecule has 1 fully saturated rings. The second-order valence-electron chi connectivity index (χ2n) is 6.33. The highest BCUT2D eigenvalue weighted by Crippen LogP contribution is 2.25. The number of nitrogens with one attached hydrogen (secondary N) is 1. The number of rotatable bonds is 5. The van der Waals surface area contributed by atoms with Crippen molar-refractivity contribution < 1.29 is 4.79 Å². The van der Waals surface area contributed by atoms with Crippen LogP contribution in [0, 0.1) is 11.3 Å². The van der Waals surface area contributed by atoms with Gasteiger partial charge < -0.3 is 11.1 Å². The zero-order chi connectivity index (χ0) is 12.2. The average Bonchev–Trinajstić information content (AvgIpc) is 1.96. The normalized spacial score (nSPS) is 19.0. The number of hydrogen-bond donors (Lipinski definition) is 2. The first-order chi connectivity index (χ1) is 7.37. The van der Waals surface area contributed by atoms with Gasteiger partial charge in [0, 0.05) is 19.0 Å². The van der Waals surface area contributed by atoms with Crippen LogP contribution < -0.4 is 11.1 Å². The highest BCUT2D eigenvalue weighted by molar-refractivity contribution is 5.76. The van der Waals surface area contributed by atoms with Gasteiger partial charge in [-0.25, -0.2) is 0 Å². The van der Waals surface area contributed by atoms with Crippen molar-refractivity contribution in [3.63, 3.8) is 0 Å². The molecule has 1 rings (SSSR count). The molecule has 1 saturated carbocycles. The fraction of sp³-hybridized carbons (Fsp3) is 0.923. The first-order valence-corrected chi connectivity index (χ1v) is 6.39. The minimum Gasteiger partial charge on any atom is -0.356 e. The van der Waals surface area contributed by atoms with Gasteiger partial charge in [0.15, 0.2) is 0 Å². The van der Waals surface area contributed by atoms with Crippen molar-refractivity contribution in [2.24, 2.45) is 17.1 Å². The molecule has 1 atom stereocenters. The molecule has 3 heteroatoms. The maximum Gasteiger partial charge on any atom is 0.221 e. The first kappa shape index (κ1) is 13.5. The molecule has 0 saturated heterocycles. The summed E-state index contributed by atoms with van der Waals surface area (Å²) in [6, 6.07) is -0.0126. The zero-order valence-electron chi connectivity index (χ0n) is 10.9. The van der Waals surface area contributed by atoms with E-state index >= 15 is 0 Å². The molecular weight excluding hydrogens is 200 g/mol. The Morgan fingerprint density at radius 1 is 1.44 bits per heavy atom. The van der Waals surface area contributed by atoms with E-state index in [9.17, 15) is 4.79 Å². The molecule has 1 aliphatic carbocycles. The molecule has 0 aliphatic heterocycles. The quantitative estimate of drug-likeness (QED) is 0.754. The zero-order valence-corrected chi connectivity index (χ0v) is 10.9. The van der Waals surface area contributed by atoms with Gasteiger partial charge in [-0.1, -0.05) is 27.2 Å². The van der Waals surface area contributed by atoms with Crippen LogP contribution in [0.15, 0.2) is 0 Å². The van der Waals surface area contributed by atoms with Crippen LogP contribution in [-0.2, 0) is 4.79 Å². The van der Waals surface area contributed by atoms with Crippen LogP contribution in [0.3, 0.4) is 0 Å². The van der Waals surface area contributed by atoms with Crippen molar-refractivity contribution in [1.29, 1.82) is 0 Å². The van der Waals surface area contributed by atoms with Crippen molar-refractivity contribution in [3.8, 4) is 0 Å². The van der Waals surface area contributed by atoms with Crippen LogP contribution in [0.5, 0.6) is 0 Å². The average molecular weight is 226 g/mol. The Hall–Kier alpha value is -0.570. The second kappa shape index (κ2) is 5.67. The Labute approximate surface area is 99.2 Å². The SMILES string of the molecule is CC(C)(C)CC(N)CC(=O)NCC1CCC1. The first-order valence-electron chi connectivity index (χ1n) is 6.39. The van der Waals surface area contributed by atoms with Crippen LogP contribution in [0.4, 0.5) is 0 Å². The Morgan fingerprint density at radius 3 is 2.50 bits per heavy atom. The minimum absolute atomic E-state index is 0.0126. The van der Waals surface area contributed by atoms with Crippen LogP contribution in [0.25, 0.3) is 0 Å². The molecule has 3 nitrogen and oxygen atoms in total. The molecule has 94 valence electrons. The summed E-state index contributed by atoms with van der Waals surface area (Å²) in [7, 11) is 0. The van der Waals surface area contributed by atoms with Crippen LogP contribution >= 0.6 is 0 Å². The maximum absolute atomic E-state index is 11.6. The van der Waals surface area contributed by atoms with E-state index in [4.69, 9.17) is 5.73 Å². The van der Waals surface area contributed by atoms with Crippen LogP contribution in [0.2, 0.25) is 0 Å². The predicted octanol–water partition coefficient (Wildman–Crippen LogP) is 2.06. The Kier molecular flexibility index (Phi) is 4.78. The molecule has 0 aromatic carbocycles. The fourth-order valence-corrected chi connectivity index (χ4v) is 2.12. The standard InChI is InChI=1S/C13H26N2O/c1-13(2,3)8-11(14)7-12(16)15-9-10-5-4-6-10/h10-11H,4-9,14H2,1-3H3,(H,15,16). The summed E-state index contributed by atoms with van der Waals surface area (Å²) in [4.78, 5) is 11.6. The lowest BCUT2D eigenvalue weighted by Gasteiger charge is -2.26. The van der Waals surface area contributed by atoms with Crippen LogP contribution in [-0.4, -0.2) is 18.5 Å². The van der Waals surface area contributed by atoms with Gasteiger partial charge in [-0.2, -0.15) is 0 Å². The highest BCUT2D eigenvalue weighted by Gasteiger charge is 2.20. The molecular formula is C13H26N2O. The lowest BCUT2D eigenvalue weighted by atomic mass is 9.85. The van der Waals surface area contributed by atoms with Crippen molar-refractivity contribution in [2.45, 2.75) is 58.9 Å². The van der Waals surface area contributed by atoms with E-state index in [0.717, 1.165) is 18.9 Å². The maximum atomic E-state index is 11.6. The van der Waals surface area contributed by atoms with Gasteiger partial charge in [-0.3, -0.25) is 4.79 Å². The molecule has 1 amide bonds. The topological polar surface area (TPSA) is 55.1 Å². The van der Waals surface area contributed by atoms with E-state index in [1.165, 1.54) is 19.3 Å². The molecule has 0 spiro atoms. The smallest absolute Gasteiger partial charge is 0.221 e. The summed E-state index contributed by atoms with van der Waals surface area (Å²) in [5.41, 5.74) is 6.15. The predicted molar refractivity (Wildman–Crippen MR) is 67.0 cm³/mol. The van der Waals surface area contributed by atoms with Gasteiger partial charge >= 0.3 is 0 Å². The van der Waals surface area contributed by atoms with Gasteiger partial charge in [-0.05, 0) is 30.6 Å². The van der Waals surface area contributed by atoms with Gasteiger partial charge in [0.2, 0.25) is 5.91 Å². The molecule has 0 radical (unpaired) electrons. The van der Waals surface area contributed by atoms with Crippen molar-refractivity contribution in [1.82, 2.24) is 5.32 Å². The summed E-state index contributed by atoms with van der Waals surface area (Å²) < 4.78 is 0. The van der Waals surface area contributed by atoms with Gasteiger partial charge in [0.05, 0.1) is 0 Å². The molecule has 0 heterocycles. The van der Waals surface area contributed by atoms with E-state index in [1.807, 2.05) is 0 Å².